The molecule has 0 aliphatic rings. The van der Waals surface area contributed by atoms with Gasteiger partial charge in [-0.1, -0.05) is 0 Å². The monoisotopic (exact) mass is 316 g/mol. The van der Waals surface area contributed by atoms with Crippen LogP contribution in [-0.4, -0.2) is 32.9 Å². The number of carbonyl (C=O) groups is 1. The van der Waals surface area contributed by atoms with Gasteiger partial charge in [0.15, 0.2) is 5.75 Å². The minimum Gasteiger partial charge on any atom is -0.490 e. The minimum atomic E-state index is -1.21. The van der Waals surface area contributed by atoms with Crippen LogP contribution in [0, 0.1) is 21.4 Å². The van der Waals surface area contributed by atoms with Crippen molar-refractivity contribution in [3.8, 4) is 23.1 Å². The highest BCUT2D eigenvalue weighted by molar-refractivity contribution is 5.94. The number of rotatable bonds is 6. The second kappa shape index (κ2) is 6.57. The van der Waals surface area contributed by atoms with E-state index in [9.17, 15) is 20.0 Å². The van der Waals surface area contributed by atoms with Gasteiger partial charge in [0, 0.05) is 17.8 Å². The number of ether oxygens (including phenoxy) is 1. The highest BCUT2D eigenvalue weighted by Crippen LogP contribution is 2.32. The number of hydrogen-bond acceptors (Lipinski definition) is 6. The standard InChI is InChI=1S/C14H12N4O5/c1-23-12-4-3-9(7-11(12)18(21)22)13-10(14(19)20)8-17(16-13)6-2-5-15/h3-4,7-8H,2,6H2,1H3,(H,19,20). The Labute approximate surface area is 130 Å². The molecule has 0 amide bonds. The van der Waals surface area contributed by atoms with Crippen molar-refractivity contribution in [1.29, 1.82) is 5.26 Å². The molecule has 9 heteroatoms. The van der Waals surface area contributed by atoms with Gasteiger partial charge in [-0.2, -0.15) is 10.4 Å². The Bertz CT molecular complexity index is 806. The van der Waals surface area contributed by atoms with Crippen LogP contribution in [0.4, 0.5) is 5.69 Å². The van der Waals surface area contributed by atoms with Crippen molar-refractivity contribution >= 4 is 11.7 Å². The Kier molecular flexibility index (Phi) is 4.56. The van der Waals surface area contributed by atoms with E-state index in [0.29, 0.717) is 0 Å². The average Bonchev–Trinajstić information content (AvgIpc) is 2.96. The summed E-state index contributed by atoms with van der Waals surface area (Å²) in [7, 11) is 1.31. The van der Waals surface area contributed by atoms with Crippen LogP contribution in [0.5, 0.6) is 5.75 Å². The number of aromatic carboxylic acids is 1. The number of methoxy groups -OCH3 is 1. The van der Waals surface area contributed by atoms with E-state index in [2.05, 4.69) is 5.10 Å². The van der Waals surface area contributed by atoms with Crippen molar-refractivity contribution in [2.75, 3.05) is 7.11 Å². The molecule has 0 fully saturated rings. The average molecular weight is 316 g/mol. The fourth-order valence-electron chi connectivity index (χ4n) is 2.05. The summed E-state index contributed by atoms with van der Waals surface area (Å²) in [5, 5.41) is 33.1. The molecule has 1 aromatic heterocycles. The van der Waals surface area contributed by atoms with Gasteiger partial charge < -0.3 is 9.84 Å². The van der Waals surface area contributed by atoms with Crippen molar-refractivity contribution in [2.45, 2.75) is 13.0 Å². The zero-order chi connectivity index (χ0) is 17.0. The molecule has 9 nitrogen and oxygen atoms in total. The lowest BCUT2D eigenvalue weighted by Crippen LogP contribution is -1.98. The Hall–Kier alpha value is -3.41. The molecule has 1 heterocycles. The van der Waals surface area contributed by atoms with Crippen molar-refractivity contribution in [1.82, 2.24) is 9.78 Å². The lowest BCUT2D eigenvalue weighted by molar-refractivity contribution is -0.385. The van der Waals surface area contributed by atoms with Crippen LogP contribution in [0.2, 0.25) is 0 Å². The molecule has 0 spiro atoms. The summed E-state index contributed by atoms with van der Waals surface area (Å²) in [4.78, 5) is 21.8. The number of nitro groups is 1. The fourth-order valence-corrected chi connectivity index (χ4v) is 2.05. The van der Waals surface area contributed by atoms with Gasteiger partial charge in [0.25, 0.3) is 0 Å². The predicted molar refractivity (Wildman–Crippen MR) is 78.1 cm³/mol. The van der Waals surface area contributed by atoms with E-state index >= 15 is 0 Å². The molecule has 0 saturated carbocycles. The molecule has 118 valence electrons. The van der Waals surface area contributed by atoms with Gasteiger partial charge in [-0.25, -0.2) is 4.79 Å². The quantitative estimate of drug-likeness (QED) is 0.637. The topological polar surface area (TPSA) is 131 Å². The first kappa shape index (κ1) is 16.0. The van der Waals surface area contributed by atoms with Crippen LogP contribution in [-0.2, 0) is 6.54 Å². The van der Waals surface area contributed by atoms with Crippen LogP contribution >= 0.6 is 0 Å². The number of carboxylic acids is 1. The number of benzene rings is 1. The van der Waals surface area contributed by atoms with E-state index in [-0.39, 0.29) is 41.2 Å². The molecule has 0 aliphatic carbocycles. The molecule has 0 bridgehead atoms. The zero-order valence-corrected chi connectivity index (χ0v) is 12.1. The summed E-state index contributed by atoms with van der Waals surface area (Å²) in [5.41, 5.74) is 0.00196. The van der Waals surface area contributed by atoms with E-state index in [0.717, 1.165) is 0 Å². The second-order valence-electron chi connectivity index (χ2n) is 4.51. The van der Waals surface area contributed by atoms with Crippen LogP contribution in [0.15, 0.2) is 24.4 Å². The second-order valence-corrected chi connectivity index (χ2v) is 4.51. The van der Waals surface area contributed by atoms with Gasteiger partial charge in [-0.05, 0) is 12.1 Å². The fraction of sp³-hybridized carbons (Fsp3) is 0.214. The zero-order valence-electron chi connectivity index (χ0n) is 12.1. The molecule has 2 rings (SSSR count). The first-order chi connectivity index (χ1) is 11.0. The smallest absolute Gasteiger partial charge is 0.339 e. The van der Waals surface area contributed by atoms with Crippen LogP contribution < -0.4 is 4.74 Å². The summed E-state index contributed by atoms with van der Waals surface area (Å²) in [6, 6.07) is 6.03. The summed E-state index contributed by atoms with van der Waals surface area (Å²) < 4.78 is 6.25. The molecule has 0 atom stereocenters. The molecule has 0 unspecified atom stereocenters. The summed E-state index contributed by atoms with van der Waals surface area (Å²) in [6.45, 7) is 0.231. The van der Waals surface area contributed by atoms with E-state index in [1.54, 1.807) is 0 Å². The molecule has 2 aromatic rings. The van der Waals surface area contributed by atoms with Crippen LogP contribution in [0.1, 0.15) is 16.8 Å². The van der Waals surface area contributed by atoms with Crippen molar-refractivity contribution in [3.63, 3.8) is 0 Å². The third-order valence-corrected chi connectivity index (χ3v) is 3.09. The Morgan fingerprint density at radius 2 is 2.30 bits per heavy atom. The predicted octanol–water partition coefficient (Wildman–Crippen LogP) is 2.08. The number of nitro benzene ring substituents is 1. The number of carboxylic acid groups (broad SMARTS) is 1. The maximum Gasteiger partial charge on any atom is 0.339 e. The SMILES string of the molecule is COc1ccc(-c2nn(CCC#N)cc2C(=O)O)cc1[N+](=O)[O-]. The number of aromatic nitrogens is 2. The van der Waals surface area contributed by atoms with Crippen molar-refractivity contribution in [3.05, 3.63) is 40.1 Å². The largest absolute Gasteiger partial charge is 0.490 e. The Morgan fingerprint density at radius 1 is 1.57 bits per heavy atom. The maximum absolute atomic E-state index is 11.3. The van der Waals surface area contributed by atoms with Crippen LogP contribution in [0.3, 0.4) is 0 Å². The molecule has 0 radical (unpaired) electrons. The lowest BCUT2D eigenvalue weighted by Gasteiger charge is -2.04. The van der Waals surface area contributed by atoms with Gasteiger partial charge >= 0.3 is 11.7 Å². The number of nitriles is 1. The molecule has 0 saturated heterocycles. The van der Waals surface area contributed by atoms with Gasteiger partial charge in [0.1, 0.15) is 11.3 Å². The number of nitrogens with zero attached hydrogens (tertiary/aromatic N) is 4. The molecule has 1 aromatic carbocycles. The van der Waals surface area contributed by atoms with Gasteiger partial charge in [0.05, 0.1) is 31.1 Å². The van der Waals surface area contributed by atoms with E-state index < -0.39 is 10.9 Å². The van der Waals surface area contributed by atoms with Gasteiger partial charge in [0.2, 0.25) is 0 Å². The molecule has 23 heavy (non-hydrogen) atoms. The Balaban J connectivity index is 2.54. The first-order valence-electron chi connectivity index (χ1n) is 6.48. The van der Waals surface area contributed by atoms with E-state index in [4.69, 9.17) is 10.00 Å². The number of aryl methyl sites for hydroxylation is 1. The number of hydrogen-bond donors (Lipinski definition) is 1. The van der Waals surface area contributed by atoms with Gasteiger partial charge in [-0.3, -0.25) is 14.8 Å². The molecule has 1 N–H and O–H groups in total. The van der Waals surface area contributed by atoms with Crippen LogP contribution in [0.25, 0.3) is 11.3 Å². The molecular weight excluding hydrogens is 304 g/mol. The van der Waals surface area contributed by atoms with E-state index in [1.165, 1.54) is 36.2 Å². The minimum absolute atomic E-state index is 0.0690. The maximum atomic E-state index is 11.3. The van der Waals surface area contributed by atoms with E-state index in [1.807, 2.05) is 6.07 Å². The van der Waals surface area contributed by atoms with Crippen molar-refractivity contribution < 1.29 is 19.6 Å². The summed E-state index contributed by atoms with van der Waals surface area (Å²) in [5.74, 6) is -1.14. The third-order valence-electron chi connectivity index (χ3n) is 3.09. The first-order valence-corrected chi connectivity index (χ1v) is 6.48. The van der Waals surface area contributed by atoms with Gasteiger partial charge in [-0.15, -0.1) is 0 Å². The lowest BCUT2D eigenvalue weighted by atomic mass is 10.1. The molecule has 0 aliphatic heterocycles. The highest BCUT2D eigenvalue weighted by atomic mass is 16.6. The third kappa shape index (κ3) is 3.26. The van der Waals surface area contributed by atoms with Crippen molar-refractivity contribution in [2.24, 2.45) is 0 Å². The summed E-state index contributed by atoms with van der Waals surface area (Å²) >= 11 is 0. The highest BCUT2D eigenvalue weighted by Gasteiger charge is 2.21. The molecular formula is C14H12N4O5. The Morgan fingerprint density at radius 3 is 2.87 bits per heavy atom. The summed E-state index contributed by atoms with van der Waals surface area (Å²) in [6.07, 6.45) is 1.47. The normalized spacial score (nSPS) is 10.1.